The number of hydrogen-bond acceptors (Lipinski definition) is 5. The van der Waals surface area contributed by atoms with Crippen molar-refractivity contribution in [2.75, 3.05) is 26.8 Å². The second-order valence-corrected chi connectivity index (χ2v) is 9.25. The van der Waals surface area contributed by atoms with Crippen LogP contribution in [0, 0.1) is 5.82 Å². The summed E-state index contributed by atoms with van der Waals surface area (Å²) in [7, 11) is -2.19. The van der Waals surface area contributed by atoms with Gasteiger partial charge >= 0.3 is 0 Å². The maximum absolute atomic E-state index is 13.6. The summed E-state index contributed by atoms with van der Waals surface area (Å²) < 4.78 is 51.9. The predicted octanol–water partition coefficient (Wildman–Crippen LogP) is 3.36. The Morgan fingerprint density at radius 2 is 1.90 bits per heavy atom. The van der Waals surface area contributed by atoms with Crippen molar-refractivity contribution in [3.05, 3.63) is 71.8 Å². The van der Waals surface area contributed by atoms with Crippen LogP contribution >= 0.6 is 0 Å². The van der Waals surface area contributed by atoms with E-state index in [4.69, 9.17) is 9.47 Å². The Hall–Kier alpha value is -2.91. The molecule has 7 nitrogen and oxygen atoms in total. The lowest BCUT2D eigenvalue weighted by molar-refractivity contribution is 0.304. The molecule has 1 aromatic heterocycles. The van der Waals surface area contributed by atoms with Crippen LogP contribution in [0.2, 0.25) is 0 Å². The maximum Gasteiger partial charge on any atom is 0.246 e. The summed E-state index contributed by atoms with van der Waals surface area (Å²) in [6.07, 6.45) is 1.22. The molecule has 1 N–H and O–H groups in total. The van der Waals surface area contributed by atoms with Gasteiger partial charge in [0.15, 0.2) is 11.6 Å². The van der Waals surface area contributed by atoms with Crippen LogP contribution in [0.25, 0.3) is 0 Å². The Morgan fingerprint density at radius 1 is 1.16 bits per heavy atom. The minimum Gasteiger partial charge on any atom is -0.495 e. The van der Waals surface area contributed by atoms with Gasteiger partial charge in [0, 0.05) is 31.1 Å². The smallest absolute Gasteiger partial charge is 0.246 e. The fraction of sp³-hybridized carbons (Fsp3) is 0.318. The summed E-state index contributed by atoms with van der Waals surface area (Å²) >= 11 is 0. The normalized spacial score (nSPS) is 17.0. The van der Waals surface area contributed by atoms with Crippen molar-refractivity contribution in [3.63, 3.8) is 0 Å². The van der Waals surface area contributed by atoms with Gasteiger partial charge in [-0.15, -0.1) is 0 Å². The van der Waals surface area contributed by atoms with Gasteiger partial charge in [-0.3, -0.25) is 5.10 Å². The molecule has 0 bridgehead atoms. The second-order valence-electron chi connectivity index (χ2n) is 7.35. The van der Waals surface area contributed by atoms with Gasteiger partial charge in [0.25, 0.3) is 0 Å². The maximum atomic E-state index is 13.6. The molecular formula is C22H24FN3O4S. The fourth-order valence-corrected chi connectivity index (χ4v) is 5.36. The number of rotatable bonds is 8. The monoisotopic (exact) mass is 445 g/mol. The molecule has 2 aromatic carbocycles. The number of para-hydroxylation sites is 2. The van der Waals surface area contributed by atoms with E-state index < -0.39 is 15.8 Å². The van der Waals surface area contributed by atoms with E-state index in [-0.39, 0.29) is 16.6 Å². The first kappa shape index (κ1) is 21.3. The SMILES string of the molecule is COc1ccccc1S(=O)(=O)N1CC[C@@H](c2cc(CCOc3ccccc3F)[nH]n2)C1. The number of H-pyrrole nitrogens is 1. The van der Waals surface area contributed by atoms with Crippen LogP contribution in [0.4, 0.5) is 4.39 Å². The largest absolute Gasteiger partial charge is 0.495 e. The molecule has 164 valence electrons. The highest BCUT2D eigenvalue weighted by Gasteiger charge is 2.35. The lowest BCUT2D eigenvalue weighted by atomic mass is 10.0. The molecule has 3 aromatic rings. The van der Waals surface area contributed by atoms with Crippen molar-refractivity contribution in [2.24, 2.45) is 0 Å². The van der Waals surface area contributed by atoms with Crippen molar-refractivity contribution < 1.29 is 22.3 Å². The molecule has 9 heteroatoms. The number of aromatic nitrogens is 2. The van der Waals surface area contributed by atoms with Crippen LogP contribution in [0.3, 0.4) is 0 Å². The van der Waals surface area contributed by atoms with Crippen LogP contribution in [-0.4, -0.2) is 49.7 Å². The number of methoxy groups -OCH3 is 1. The first-order valence-corrected chi connectivity index (χ1v) is 11.5. The third-order valence-electron chi connectivity index (χ3n) is 5.37. The van der Waals surface area contributed by atoms with E-state index in [1.807, 2.05) is 6.07 Å². The molecule has 0 unspecified atom stereocenters. The molecule has 1 fully saturated rings. The summed E-state index contributed by atoms with van der Waals surface area (Å²) in [5, 5.41) is 7.34. The van der Waals surface area contributed by atoms with E-state index in [1.165, 1.54) is 17.5 Å². The highest BCUT2D eigenvalue weighted by Crippen LogP contribution is 2.33. The zero-order valence-electron chi connectivity index (χ0n) is 17.1. The molecule has 0 saturated carbocycles. The summed E-state index contributed by atoms with van der Waals surface area (Å²) in [4.78, 5) is 0.172. The number of nitrogens with zero attached hydrogens (tertiary/aromatic N) is 2. The summed E-state index contributed by atoms with van der Waals surface area (Å²) in [5.74, 6) is 0.162. The van der Waals surface area contributed by atoms with Gasteiger partial charge in [-0.05, 0) is 36.8 Å². The predicted molar refractivity (Wildman–Crippen MR) is 113 cm³/mol. The molecule has 1 saturated heterocycles. The van der Waals surface area contributed by atoms with Crippen molar-refractivity contribution in [2.45, 2.75) is 23.7 Å². The molecule has 1 aliphatic rings. The Balaban J connectivity index is 1.38. The number of ether oxygens (including phenoxy) is 2. The average molecular weight is 446 g/mol. The molecule has 1 atom stereocenters. The molecule has 0 aliphatic carbocycles. The van der Waals surface area contributed by atoms with Gasteiger partial charge in [-0.1, -0.05) is 24.3 Å². The Morgan fingerprint density at radius 3 is 2.68 bits per heavy atom. The lowest BCUT2D eigenvalue weighted by Crippen LogP contribution is -2.29. The average Bonchev–Trinajstić information content (AvgIpc) is 3.45. The molecular weight excluding hydrogens is 421 g/mol. The quantitative estimate of drug-likeness (QED) is 0.575. The van der Waals surface area contributed by atoms with Gasteiger partial charge in [0.1, 0.15) is 10.6 Å². The number of sulfonamides is 1. The van der Waals surface area contributed by atoms with E-state index in [2.05, 4.69) is 10.2 Å². The van der Waals surface area contributed by atoms with Crippen LogP contribution in [0.15, 0.2) is 59.5 Å². The number of halogens is 1. The number of nitrogens with one attached hydrogen (secondary N) is 1. The van der Waals surface area contributed by atoms with Crippen molar-refractivity contribution >= 4 is 10.0 Å². The topological polar surface area (TPSA) is 84.5 Å². The fourth-order valence-electron chi connectivity index (χ4n) is 3.71. The van der Waals surface area contributed by atoms with Gasteiger partial charge in [0.2, 0.25) is 10.0 Å². The molecule has 1 aliphatic heterocycles. The first-order valence-electron chi connectivity index (χ1n) is 10.0. The number of benzene rings is 2. The highest BCUT2D eigenvalue weighted by atomic mass is 32.2. The molecule has 2 heterocycles. The number of hydrogen-bond donors (Lipinski definition) is 1. The molecule has 0 spiro atoms. The highest BCUT2D eigenvalue weighted by molar-refractivity contribution is 7.89. The molecule has 4 rings (SSSR count). The molecule has 0 amide bonds. The van der Waals surface area contributed by atoms with Crippen molar-refractivity contribution in [3.8, 4) is 11.5 Å². The lowest BCUT2D eigenvalue weighted by Gasteiger charge is -2.18. The van der Waals surface area contributed by atoms with Gasteiger partial charge < -0.3 is 9.47 Å². The van der Waals surface area contributed by atoms with Crippen molar-refractivity contribution in [1.82, 2.24) is 14.5 Å². The first-order chi connectivity index (χ1) is 15.0. The summed E-state index contributed by atoms with van der Waals surface area (Å²) in [5.41, 5.74) is 1.68. The van der Waals surface area contributed by atoms with Crippen LogP contribution in [0.5, 0.6) is 11.5 Å². The van der Waals surface area contributed by atoms with E-state index in [1.54, 1.807) is 42.5 Å². The number of aromatic amines is 1. The van der Waals surface area contributed by atoms with E-state index in [9.17, 15) is 12.8 Å². The Bertz CT molecular complexity index is 1150. The third kappa shape index (κ3) is 4.57. The summed E-state index contributed by atoms with van der Waals surface area (Å²) in [6.45, 7) is 1.08. The second kappa shape index (κ2) is 9.07. The zero-order chi connectivity index (χ0) is 21.8. The van der Waals surface area contributed by atoms with Crippen LogP contribution in [-0.2, 0) is 16.4 Å². The van der Waals surface area contributed by atoms with E-state index in [0.717, 1.165) is 11.4 Å². The van der Waals surface area contributed by atoms with Crippen LogP contribution in [0.1, 0.15) is 23.7 Å². The zero-order valence-corrected chi connectivity index (χ0v) is 17.9. The van der Waals surface area contributed by atoms with E-state index in [0.29, 0.717) is 38.3 Å². The summed E-state index contributed by atoms with van der Waals surface area (Å²) in [6, 6.07) is 14.8. The van der Waals surface area contributed by atoms with Gasteiger partial charge in [0.05, 0.1) is 19.4 Å². The molecule has 0 radical (unpaired) electrons. The minimum atomic E-state index is -3.65. The van der Waals surface area contributed by atoms with Crippen molar-refractivity contribution in [1.29, 1.82) is 0 Å². The third-order valence-corrected chi connectivity index (χ3v) is 7.28. The van der Waals surface area contributed by atoms with E-state index >= 15 is 0 Å². The molecule has 31 heavy (non-hydrogen) atoms. The van der Waals surface area contributed by atoms with Gasteiger partial charge in [-0.2, -0.15) is 9.40 Å². The Kier molecular flexibility index (Phi) is 6.24. The minimum absolute atomic E-state index is 0.00182. The van der Waals surface area contributed by atoms with Crippen LogP contribution < -0.4 is 9.47 Å². The van der Waals surface area contributed by atoms with Gasteiger partial charge in [-0.25, -0.2) is 12.8 Å². The Labute approximate surface area is 180 Å². The standard InChI is InChI=1S/C22H24FN3O4S/c1-29-21-8-4-5-9-22(21)31(27,28)26-12-10-16(15-26)19-14-17(24-25-19)11-13-30-20-7-3-2-6-18(20)23/h2-9,14,16H,10-13,15H2,1H3,(H,24,25)/t16-/m1/s1.